The standard InChI is InChI=1S/C26H33NO5/c1-15-22(25(29)32-16-8-6-7-9-16)23(18-12-17(30-4)10-11-21(18)31-5)24-19(27-15)13-26(2,3)14-20(24)28/h10-12,16,23,27H,6-9,13-14H2,1-5H3/t23-/m1/s1. The number of methoxy groups -OCH3 is 2. The Kier molecular flexibility index (Phi) is 6.06. The fraction of sp³-hybridized carbons (Fsp3) is 0.538. The highest BCUT2D eigenvalue weighted by Crippen LogP contribution is 2.49. The zero-order chi connectivity index (χ0) is 23.0. The lowest BCUT2D eigenvalue weighted by molar-refractivity contribution is -0.144. The predicted molar refractivity (Wildman–Crippen MR) is 122 cm³/mol. The molecule has 1 heterocycles. The van der Waals surface area contributed by atoms with Crippen LogP contribution in [0.1, 0.15) is 70.8 Å². The molecule has 1 N–H and O–H groups in total. The number of hydrogen-bond acceptors (Lipinski definition) is 6. The molecule has 3 aliphatic rings. The number of allylic oxidation sites excluding steroid dienone is 3. The summed E-state index contributed by atoms with van der Waals surface area (Å²) < 4.78 is 17.0. The summed E-state index contributed by atoms with van der Waals surface area (Å²) in [5.74, 6) is 0.388. The van der Waals surface area contributed by atoms with E-state index in [-0.39, 0.29) is 23.3 Å². The normalized spacial score (nSPS) is 23.0. The zero-order valence-electron chi connectivity index (χ0n) is 19.7. The molecule has 0 radical (unpaired) electrons. The van der Waals surface area contributed by atoms with Crippen LogP contribution in [0.4, 0.5) is 0 Å². The van der Waals surface area contributed by atoms with Gasteiger partial charge in [0.2, 0.25) is 0 Å². The molecule has 1 aliphatic heterocycles. The van der Waals surface area contributed by atoms with Crippen LogP contribution in [0.5, 0.6) is 11.5 Å². The molecule has 4 rings (SSSR count). The summed E-state index contributed by atoms with van der Waals surface area (Å²) in [6, 6.07) is 5.50. The van der Waals surface area contributed by atoms with Crippen molar-refractivity contribution in [3.8, 4) is 11.5 Å². The smallest absolute Gasteiger partial charge is 0.337 e. The molecule has 1 atom stereocenters. The van der Waals surface area contributed by atoms with Gasteiger partial charge in [-0.05, 0) is 62.6 Å². The monoisotopic (exact) mass is 439 g/mol. The maximum absolute atomic E-state index is 13.5. The van der Waals surface area contributed by atoms with Gasteiger partial charge >= 0.3 is 5.97 Å². The van der Waals surface area contributed by atoms with E-state index < -0.39 is 5.92 Å². The van der Waals surface area contributed by atoms with Crippen molar-refractivity contribution < 1.29 is 23.8 Å². The lowest BCUT2D eigenvalue weighted by Crippen LogP contribution is -2.39. The Labute approximate surface area is 190 Å². The van der Waals surface area contributed by atoms with Crippen molar-refractivity contribution in [1.82, 2.24) is 5.32 Å². The summed E-state index contributed by atoms with van der Waals surface area (Å²) >= 11 is 0. The van der Waals surface area contributed by atoms with Gasteiger partial charge in [0, 0.05) is 29.0 Å². The predicted octanol–water partition coefficient (Wildman–Crippen LogP) is 4.79. The van der Waals surface area contributed by atoms with Crippen LogP contribution in [0, 0.1) is 5.41 Å². The fourth-order valence-corrected chi connectivity index (χ4v) is 5.30. The molecule has 0 bridgehead atoms. The number of dihydropyridines is 1. The van der Waals surface area contributed by atoms with Gasteiger partial charge in [0.15, 0.2) is 5.78 Å². The van der Waals surface area contributed by atoms with E-state index in [9.17, 15) is 9.59 Å². The number of carbonyl (C=O) groups excluding carboxylic acids is 2. The van der Waals surface area contributed by atoms with Crippen molar-refractivity contribution in [3.05, 3.63) is 46.3 Å². The topological polar surface area (TPSA) is 73.9 Å². The lowest BCUT2D eigenvalue weighted by Gasteiger charge is -2.39. The Balaban J connectivity index is 1.86. The third-order valence-electron chi connectivity index (χ3n) is 6.78. The minimum atomic E-state index is -0.561. The summed E-state index contributed by atoms with van der Waals surface area (Å²) in [4.78, 5) is 26.9. The van der Waals surface area contributed by atoms with Gasteiger partial charge in [-0.2, -0.15) is 0 Å². The molecule has 32 heavy (non-hydrogen) atoms. The molecule has 0 amide bonds. The van der Waals surface area contributed by atoms with E-state index in [0.29, 0.717) is 29.1 Å². The van der Waals surface area contributed by atoms with Gasteiger partial charge in [-0.25, -0.2) is 4.79 Å². The highest BCUT2D eigenvalue weighted by Gasteiger charge is 2.44. The number of benzene rings is 1. The highest BCUT2D eigenvalue weighted by molar-refractivity contribution is 6.04. The number of esters is 1. The number of hydrogen-bond donors (Lipinski definition) is 1. The van der Waals surface area contributed by atoms with Crippen molar-refractivity contribution in [1.29, 1.82) is 0 Å². The number of rotatable bonds is 5. The molecule has 0 unspecified atom stereocenters. The zero-order valence-corrected chi connectivity index (χ0v) is 19.7. The van der Waals surface area contributed by atoms with Gasteiger partial charge in [-0.1, -0.05) is 13.8 Å². The van der Waals surface area contributed by atoms with E-state index in [0.717, 1.165) is 49.1 Å². The van der Waals surface area contributed by atoms with Gasteiger partial charge in [0.1, 0.15) is 17.6 Å². The SMILES string of the molecule is COc1ccc(OC)c([C@@H]2C(C(=O)OC3CCCC3)=C(C)NC3=C2C(=O)CC(C)(C)C3)c1. The van der Waals surface area contributed by atoms with Crippen LogP contribution in [0.15, 0.2) is 40.7 Å². The molecule has 0 aromatic heterocycles. The van der Waals surface area contributed by atoms with Gasteiger partial charge in [-0.15, -0.1) is 0 Å². The van der Waals surface area contributed by atoms with Crippen LogP contribution < -0.4 is 14.8 Å². The molecular formula is C26H33NO5. The van der Waals surface area contributed by atoms with Crippen LogP contribution in [-0.4, -0.2) is 32.1 Å². The minimum Gasteiger partial charge on any atom is -0.497 e. The first-order chi connectivity index (χ1) is 15.2. The van der Waals surface area contributed by atoms with E-state index >= 15 is 0 Å². The largest absolute Gasteiger partial charge is 0.497 e. The Morgan fingerprint density at radius 3 is 2.47 bits per heavy atom. The summed E-state index contributed by atoms with van der Waals surface area (Å²) in [7, 11) is 3.20. The van der Waals surface area contributed by atoms with Crippen molar-refractivity contribution >= 4 is 11.8 Å². The van der Waals surface area contributed by atoms with E-state index in [1.165, 1.54) is 0 Å². The van der Waals surface area contributed by atoms with Crippen LogP contribution in [0.3, 0.4) is 0 Å². The molecule has 0 spiro atoms. The molecule has 172 valence electrons. The molecule has 6 nitrogen and oxygen atoms in total. The number of Topliss-reactive ketones (excluding diaryl/α,β-unsaturated/α-hetero) is 1. The van der Waals surface area contributed by atoms with Gasteiger partial charge in [0.05, 0.1) is 25.7 Å². The van der Waals surface area contributed by atoms with Crippen molar-refractivity contribution in [3.63, 3.8) is 0 Å². The third-order valence-corrected chi connectivity index (χ3v) is 6.78. The van der Waals surface area contributed by atoms with E-state index in [2.05, 4.69) is 19.2 Å². The van der Waals surface area contributed by atoms with Crippen LogP contribution in [0.25, 0.3) is 0 Å². The summed E-state index contributed by atoms with van der Waals surface area (Å²) in [5.41, 5.74) is 3.33. The third kappa shape index (κ3) is 4.15. The molecule has 1 fully saturated rings. The lowest BCUT2D eigenvalue weighted by atomic mass is 9.68. The Morgan fingerprint density at radius 1 is 1.09 bits per heavy atom. The van der Waals surface area contributed by atoms with Crippen molar-refractivity contribution in [2.45, 2.75) is 71.3 Å². The van der Waals surface area contributed by atoms with E-state index in [4.69, 9.17) is 14.2 Å². The molecule has 2 aliphatic carbocycles. The van der Waals surface area contributed by atoms with Gasteiger partial charge in [-0.3, -0.25) is 4.79 Å². The summed E-state index contributed by atoms with van der Waals surface area (Å²) in [6.07, 6.45) is 5.03. The van der Waals surface area contributed by atoms with Gasteiger partial charge in [0.25, 0.3) is 0 Å². The van der Waals surface area contributed by atoms with Crippen molar-refractivity contribution in [2.24, 2.45) is 5.41 Å². The first-order valence-electron chi connectivity index (χ1n) is 11.4. The number of ether oxygens (including phenoxy) is 3. The average molecular weight is 440 g/mol. The number of carbonyl (C=O) groups is 2. The molecular weight excluding hydrogens is 406 g/mol. The highest BCUT2D eigenvalue weighted by atomic mass is 16.5. The second kappa shape index (κ2) is 8.64. The Bertz CT molecular complexity index is 997. The quantitative estimate of drug-likeness (QED) is 0.665. The molecule has 6 heteroatoms. The first kappa shape index (κ1) is 22.4. The van der Waals surface area contributed by atoms with Crippen molar-refractivity contribution in [2.75, 3.05) is 14.2 Å². The molecule has 1 aromatic rings. The van der Waals surface area contributed by atoms with E-state index in [1.54, 1.807) is 14.2 Å². The summed E-state index contributed by atoms with van der Waals surface area (Å²) in [5, 5.41) is 3.39. The second-order valence-corrected chi connectivity index (χ2v) is 9.85. The number of nitrogens with one attached hydrogen (secondary N) is 1. The average Bonchev–Trinajstić information content (AvgIpc) is 3.24. The minimum absolute atomic E-state index is 0.0530. The Hall–Kier alpha value is -2.76. The molecule has 1 aromatic carbocycles. The molecule has 1 saturated carbocycles. The van der Waals surface area contributed by atoms with Gasteiger partial charge < -0.3 is 19.5 Å². The van der Waals surface area contributed by atoms with Crippen LogP contribution >= 0.6 is 0 Å². The number of ketones is 1. The summed E-state index contributed by atoms with van der Waals surface area (Å²) in [6.45, 7) is 6.08. The first-order valence-corrected chi connectivity index (χ1v) is 11.4. The maximum atomic E-state index is 13.5. The van der Waals surface area contributed by atoms with E-state index in [1.807, 2.05) is 25.1 Å². The fourth-order valence-electron chi connectivity index (χ4n) is 5.30. The van der Waals surface area contributed by atoms with Crippen LogP contribution in [0.2, 0.25) is 0 Å². The second-order valence-electron chi connectivity index (χ2n) is 9.85. The maximum Gasteiger partial charge on any atom is 0.337 e. The Morgan fingerprint density at radius 2 is 1.81 bits per heavy atom. The molecule has 0 saturated heterocycles. The van der Waals surface area contributed by atoms with Crippen LogP contribution in [-0.2, 0) is 14.3 Å².